The minimum absolute atomic E-state index is 0.181. The van der Waals surface area contributed by atoms with Crippen molar-refractivity contribution < 1.29 is 13.6 Å². The summed E-state index contributed by atoms with van der Waals surface area (Å²) >= 11 is 0. The highest BCUT2D eigenvalue weighted by atomic mass is 19.1. The van der Waals surface area contributed by atoms with Gasteiger partial charge in [-0.1, -0.05) is 79.3 Å². The second kappa shape index (κ2) is 19.6. The van der Waals surface area contributed by atoms with E-state index in [0.29, 0.717) is 18.0 Å². The Hall–Kier alpha value is -3.54. The lowest BCUT2D eigenvalue weighted by Crippen LogP contribution is -2.49. The Morgan fingerprint density at radius 2 is 1.73 bits per heavy atom. The second-order valence-electron chi connectivity index (χ2n) is 14.9. The SMILES string of the molecule is C=C/C(F)=C(\C=C/C)N/C(C)=C(C)/C(=C\C(=C)c1ccc2c(c1)N(C1CC(CC)C1)C(=O)C2(C)C)N=CCC.CC(C)C.CCC(C)(C)F. The van der Waals surface area contributed by atoms with E-state index in [2.05, 4.69) is 58.3 Å². The lowest BCUT2D eigenvalue weighted by Gasteiger charge is -2.41. The number of hydrogen-bond donors (Lipinski definition) is 1. The van der Waals surface area contributed by atoms with Crippen LogP contribution in [0.15, 0.2) is 89.1 Å². The number of fused-ring (bicyclic) bond motifs is 1. The molecule has 0 radical (unpaired) electrons. The number of nitrogens with zero attached hydrogens (tertiary/aromatic N) is 2. The van der Waals surface area contributed by atoms with E-state index in [4.69, 9.17) is 4.99 Å². The molecule has 1 aliphatic heterocycles. The second-order valence-corrected chi connectivity index (χ2v) is 14.9. The van der Waals surface area contributed by atoms with Crippen LogP contribution in [0.5, 0.6) is 0 Å². The van der Waals surface area contributed by atoms with E-state index in [1.165, 1.54) is 6.08 Å². The van der Waals surface area contributed by atoms with E-state index in [-0.39, 0.29) is 11.9 Å². The van der Waals surface area contributed by atoms with Crippen LogP contribution in [0.1, 0.15) is 133 Å². The summed E-state index contributed by atoms with van der Waals surface area (Å²) in [4.78, 5) is 20.2. The molecule has 272 valence electrons. The van der Waals surface area contributed by atoms with Gasteiger partial charge in [0, 0.05) is 23.6 Å². The van der Waals surface area contributed by atoms with Crippen LogP contribution < -0.4 is 10.2 Å². The molecule has 1 heterocycles. The summed E-state index contributed by atoms with van der Waals surface area (Å²) in [5.74, 6) is 1.29. The summed E-state index contributed by atoms with van der Waals surface area (Å²) in [5.41, 5.74) is 5.05. The zero-order valence-corrected chi connectivity index (χ0v) is 32.9. The van der Waals surface area contributed by atoms with Crippen molar-refractivity contribution in [1.29, 1.82) is 0 Å². The standard InChI is InChI=1S/C34H44FN3O.C5H11F.C4H10/c1-10-14-30(29(35)13-4)37-24(7)23(6)31(36-17-11-2)18-22(5)26-15-16-28-32(21-26)38(33(39)34(28,8)9)27-19-25(12-3)20-27;1-4-5(2,3)6;1-4(2)3/h10,13-18,21,25,27,37H,4-5,11-12,19-20H2,1-3,6-9H3;4H2,1-3H3;4H,1-3H3/b14-10-,24-23+,30-29-,31-18+,36-17?;;. The summed E-state index contributed by atoms with van der Waals surface area (Å²) in [6, 6.07) is 6.50. The maximum atomic E-state index is 14.3. The number of rotatable bonds is 12. The predicted molar refractivity (Wildman–Crippen MR) is 210 cm³/mol. The summed E-state index contributed by atoms with van der Waals surface area (Å²) in [7, 11) is 0. The van der Waals surface area contributed by atoms with E-state index >= 15 is 0 Å². The monoisotopic (exact) mass is 678 g/mol. The molecule has 0 saturated heterocycles. The molecule has 6 heteroatoms. The van der Waals surface area contributed by atoms with Gasteiger partial charge in [-0.15, -0.1) is 0 Å². The highest BCUT2D eigenvalue weighted by Crippen LogP contribution is 2.48. The van der Waals surface area contributed by atoms with Gasteiger partial charge in [-0.2, -0.15) is 0 Å². The molecule has 4 nitrogen and oxygen atoms in total. The van der Waals surface area contributed by atoms with E-state index in [1.807, 2.05) is 71.7 Å². The van der Waals surface area contributed by atoms with Gasteiger partial charge < -0.3 is 10.2 Å². The minimum Gasteiger partial charge on any atom is -0.356 e. The number of carbonyl (C=O) groups excluding carboxylic acids is 1. The Morgan fingerprint density at radius 1 is 1.16 bits per heavy atom. The molecule has 1 saturated carbocycles. The first kappa shape index (κ1) is 43.5. The average molecular weight is 678 g/mol. The summed E-state index contributed by atoms with van der Waals surface area (Å²) in [6.07, 6.45) is 13.1. The van der Waals surface area contributed by atoms with E-state index in [1.54, 1.807) is 26.0 Å². The molecule has 0 aromatic heterocycles. The third kappa shape index (κ3) is 12.7. The number of allylic oxidation sites excluding steroid dienone is 8. The van der Waals surface area contributed by atoms with Gasteiger partial charge in [-0.3, -0.25) is 9.79 Å². The van der Waals surface area contributed by atoms with Gasteiger partial charge in [0.15, 0.2) is 0 Å². The lowest BCUT2D eigenvalue weighted by molar-refractivity contribution is -0.123. The predicted octanol–water partition coefficient (Wildman–Crippen LogP) is 12.5. The first-order chi connectivity index (χ1) is 22.8. The summed E-state index contributed by atoms with van der Waals surface area (Å²) in [6.45, 7) is 33.4. The fourth-order valence-electron chi connectivity index (χ4n) is 5.22. The molecular formula is C43H65F2N3O. The molecule has 49 heavy (non-hydrogen) atoms. The molecule has 3 rings (SSSR count). The number of anilines is 1. The first-order valence-corrected chi connectivity index (χ1v) is 18.0. The number of hydrogen-bond acceptors (Lipinski definition) is 3. The van der Waals surface area contributed by atoms with Gasteiger partial charge >= 0.3 is 0 Å². The first-order valence-electron chi connectivity index (χ1n) is 18.0. The summed E-state index contributed by atoms with van der Waals surface area (Å²) < 4.78 is 26.5. The third-order valence-corrected chi connectivity index (χ3v) is 8.81. The van der Waals surface area contributed by atoms with Crippen molar-refractivity contribution in [2.24, 2.45) is 16.8 Å². The number of nitrogens with one attached hydrogen (secondary N) is 1. The quantitative estimate of drug-likeness (QED) is 0.177. The normalized spacial score (nSPS) is 19.7. The zero-order valence-electron chi connectivity index (χ0n) is 32.9. The maximum absolute atomic E-state index is 14.3. The summed E-state index contributed by atoms with van der Waals surface area (Å²) in [5, 5.41) is 3.16. The molecule has 1 amide bonds. The van der Waals surface area contributed by atoms with Crippen molar-refractivity contribution in [2.75, 3.05) is 4.90 Å². The highest BCUT2D eigenvalue weighted by Gasteiger charge is 2.48. The molecule has 0 spiro atoms. The van der Waals surface area contributed by atoms with Crippen molar-refractivity contribution in [3.8, 4) is 0 Å². The molecule has 1 aliphatic carbocycles. The third-order valence-electron chi connectivity index (χ3n) is 8.81. The lowest BCUT2D eigenvalue weighted by atomic mass is 9.77. The molecule has 2 aliphatic rings. The molecule has 1 aromatic carbocycles. The van der Waals surface area contributed by atoms with Crippen LogP contribution in [-0.2, 0) is 10.2 Å². The van der Waals surface area contributed by atoms with Gasteiger partial charge in [-0.05, 0) is 133 Å². The van der Waals surface area contributed by atoms with Crippen LogP contribution >= 0.6 is 0 Å². The van der Waals surface area contributed by atoms with Crippen molar-refractivity contribution in [2.45, 2.75) is 139 Å². The van der Waals surface area contributed by atoms with Crippen molar-refractivity contribution >= 4 is 23.4 Å². The highest BCUT2D eigenvalue weighted by molar-refractivity contribution is 6.08. The molecule has 0 bridgehead atoms. The van der Waals surface area contributed by atoms with E-state index in [0.717, 1.165) is 71.0 Å². The van der Waals surface area contributed by atoms with Gasteiger partial charge in [-0.25, -0.2) is 8.78 Å². The molecular weight excluding hydrogens is 612 g/mol. The van der Waals surface area contributed by atoms with Crippen molar-refractivity contribution in [3.63, 3.8) is 0 Å². The van der Waals surface area contributed by atoms with Crippen LogP contribution in [0.4, 0.5) is 14.5 Å². The van der Waals surface area contributed by atoms with Gasteiger partial charge in [0.1, 0.15) is 11.5 Å². The smallest absolute Gasteiger partial charge is 0.237 e. The number of carbonyl (C=O) groups is 1. The largest absolute Gasteiger partial charge is 0.356 e. The van der Waals surface area contributed by atoms with Gasteiger partial charge in [0.2, 0.25) is 5.91 Å². The Morgan fingerprint density at radius 3 is 2.20 bits per heavy atom. The fourth-order valence-corrected chi connectivity index (χ4v) is 5.22. The van der Waals surface area contributed by atoms with E-state index < -0.39 is 16.9 Å². The Labute approximate surface area is 297 Å². The van der Waals surface area contributed by atoms with Crippen LogP contribution in [0.3, 0.4) is 0 Å². The van der Waals surface area contributed by atoms with E-state index in [9.17, 15) is 13.6 Å². The van der Waals surface area contributed by atoms with Gasteiger partial charge in [0.05, 0.1) is 16.8 Å². The van der Waals surface area contributed by atoms with Crippen LogP contribution in [-0.4, -0.2) is 23.8 Å². The van der Waals surface area contributed by atoms with Gasteiger partial charge in [0.25, 0.3) is 0 Å². The number of halogens is 2. The topological polar surface area (TPSA) is 44.7 Å². The molecule has 1 aromatic rings. The van der Waals surface area contributed by atoms with Crippen LogP contribution in [0.2, 0.25) is 0 Å². The number of aliphatic imine (C=N–C) groups is 1. The van der Waals surface area contributed by atoms with Crippen molar-refractivity contribution in [1.82, 2.24) is 5.32 Å². The Kier molecular flexibility index (Phi) is 17.4. The molecule has 0 atom stereocenters. The minimum atomic E-state index is -0.958. The Balaban J connectivity index is 0.00000105. The zero-order chi connectivity index (χ0) is 37.7. The molecule has 1 fully saturated rings. The maximum Gasteiger partial charge on any atom is 0.237 e. The fraction of sp³-hybridized carbons (Fsp3) is 0.535. The van der Waals surface area contributed by atoms with Crippen LogP contribution in [0, 0.1) is 11.8 Å². The number of alkyl halides is 1. The Bertz CT molecular complexity index is 1440. The molecule has 1 N–H and O–H groups in total. The number of benzene rings is 1. The van der Waals surface area contributed by atoms with Crippen molar-refractivity contribution in [3.05, 3.63) is 95.3 Å². The van der Waals surface area contributed by atoms with Crippen LogP contribution in [0.25, 0.3) is 5.57 Å². The average Bonchev–Trinajstić information content (AvgIpc) is 3.21. The number of amides is 1. The molecule has 0 unspecified atom stereocenters.